The molecule has 0 aliphatic carbocycles. The Bertz CT molecular complexity index is 224. The van der Waals surface area contributed by atoms with Crippen LogP contribution >= 0.6 is 0 Å². The van der Waals surface area contributed by atoms with Gasteiger partial charge >= 0.3 is 0 Å². The molecule has 2 atom stereocenters. The fourth-order valence-corrected chi connectivity index (χ4v) is 2.73. The molecule has 0 heterocycles. The maximum Gasteiger partial charge on any atom is 0.154 e. The molecule has 0 aromatic heterocycles. The van der Waals surface area contributed by atoms with Crippen molar-refractivity contribution in [2.24, 2.45) is 0 Å². The second kappa shape index (κ2) is 5.60. The van der Waals surface area contributed by atoms with E-state index >= 15 is 0 Å². The van der Waals surface area contributed by atoms with Gasteiger partial charge in [0.25, 0.3) is 0 Å². The van der Waals surface area contributed by atoms with Crippen molar-refractivity contribution in [2.75, 3.05) is 12.3 Å². The van der Waals surface area contributed by atoms with Crippen LogP contribution in [0.15, 0.2) is 0 Å². The molecule has 0 aliphatic heterocycles. The lowest BCUT2D eigenvalue weighted by molar-refractivity contribution is 0.483. The minimum Gasteiger partial charge on any atom is -0.313 e. The Morgan fingerprint density at radius 3 is 2.08 bits per heavy atom. The summed E-state index contributed by atoms with van der Waals surface area (Å²) in [5.41, 5.74) is 0. The molecule has 0 rings (SSSR count). The smallest absolute Gasteiger partial charge is 0.154 e. The quantitative estimate of drug-likeness (QED) is 0.712. The van der Waals surface area contributed by atoms with E-state index in [1.165, 1.54) is 0 Å². The molecule has 0 radical (unpaired) electrons. The van der Waals surface area contributed by atoms with E-state index in [1.54, 1.807) is 13.8 Å². The van der Waals surface area contributed by atoms with E-state index < -0.39 is 9.84 Å². The largest absolute Gasteiger partial charge is 0.313 e. The molecular weight excluding hydrogens is 186 g/mol. The van der Waals surface area contributed by atoms with Crippen molar-refractivity contribution < 1.29 is 8.42 Å². The second-order valence-corrected chi connectivity index (χ2v) is 5.88. The minimum atomic E-state index is -2.89. The van der Waals surface area contributed by atoms with Crippen LogP contribution in [0.4, 0.5) is 0 Å². The fraction of sp³-hybridized carbons (Fsp3) is 1.00. The lowest BCUT2D eigenvalue weighted by Crippen LogP contribution is -2.42. The summed E-state index contributed by atoms with van der Waals surface area (Å²) in [4.78, 5) is 0. The predicted molar refractivity (Wildman–Crippen MR) is 56.7 cm³/mol. The van der Waals surface area contributed by atoms with Crippen LogP contribution in [0, 0.1) is 0 Å². The van der Waals surface area contributed by atoms with E-state index in [0.29, 0.717) is 0 Å². The van der Waals surface area contributed by atoms with E-state index in [2.05, 4.69) is 5.32 Å². The zero-order valence-electron chi connectivity index (χ0n) is 9.00. The summed E-state index contributed by atoms with van der Waals surface area (Å²) >= 11 is 0. The highest BCUT2D eigenvalue weighted by Gasteiger charge is 2.25. The molecule has 2 unspecified atom stereocenters. The lowest BCUT2D eigenvalue weighted by atomic mass is 10.2. The van der Waals surface area contributed by atoms with Crippen molar-refractivity contribution in [2.45, 2.75) is 45.4 Å². The van der Waals surface area contributed by atoms with Crippen molar-refractivity contribution >= 4 is 9.84 Å². The van der Waals surface area contributed by atoms with Crippen LogP contribution < -0.4 is 5.32 Å². The highest BCUT2D eigenvalue weighted by molar-refractivity contribution is 7.92. The molecule has 0 amide bonds. The summed E-state index contributed by atoms with van der Waals surface area (Å²) in [6, 6.07) is 0.0925. The molecule has 3 nitrogen and oxygen atoms in total. The molecule has 0 fully saturated rings. The Balaban J connectivity index is 4.45. The number of hydrogen-bond acceptors (Lipinski definition) is 3. The standard InChI is InChI=1S/C9H21NO2S/c1-5-9(10-6-2)8(4)13(11,12)7-3/h8-10H,5-7H2,1-4H3. The van der Waals surface area contributed by atoms with E-state index in [-0.39, 0.29) is 17.0 Å². The molecule has 0 aromatic rings. The average molecular weight is 207 g/mol. The zero-order valence-corrected chi connectivity index (χ0v) is 9.82. The molecule has 0 bridgehead atoms. The summed E-state index contributed by atoms with van der Waals surface area (Å²) < 4.78 is 23.1. The first-order valence-corrected chi connectivity index (χ1v) is 6.66. The Kier molecular flexibility index (Phi) is 5.56. The number of rotatable bonds is 6. The van der Waals surface area contributed by atoms with Gasteiger partial charge in [0, 0.05) is 11.8 Å². The summed E-state index contributed by atoms with van der Waals surface area (Å²) in [7, 11) is -2.89. The first-order chi connectivity index (χ1) is 5.99. The van der Waals surface area contributed by atoms with Gasteiger partial charge in [-0.3, -0.25) is 0 Å². The molecule has 0 aromatic carbocycles. The summed E-state index contributed by atoms with van der Waals surface area (Å²) in [6.45, 7) is 8.31. The van der Waals surface area contributed by atoms with Gasteiger partial charge < -0.3 is 5.32 Å². The van der Waals surface area contributed by atoms with Gasteiger partial charge in [0.05, 0.1) is 5.25 Å². The summed E-state index contributed by atoms with van der Waals surface area (Å²) in [5, 5.41) is 2.92. The van der Waals surface area contributed by atoms with Gasteiger partial charge in [-0.15, -0.1) is 0 Å². The normalized spacial score (nSPS) is 16.9. The average Bonchev–Trinajstić information content (AvgIpc) is 2.13. The van der Waals surface area contributed by atoms with Crippen molar-refractivity contribution in [3.05, 3.63) is 0 Å². The molecule has 0 spiro atoms. The van der Waals surface area contributed by atoms with Gasteiger partial charge in [-0.2, -0.15) is 0 Å². The van der Waals surface area contributed by atoms with Crippen molar-refractivity contribution in [1.29, 1.82) is 0 Å². The van der Waals surface area contributed by atoms with Gasteiger partial charge in [-0.05, 0) is 19.9 Å². The first kappa shape index (κ1) is 12.9. The van der Waals surface area contributed by atoms with Crippen LogP contribution in [0.2, 0.25) is 0 Å². The van der Waals surface area contributed by atoms with Gasteiger partial charge in [-0.25, -0.2) is 8.42 Å². The maximum atomic E-state index is 11.5. The SMILES string of the molecule is CCNC(CC)C(C)S(=O)(=O)CC. The van der Waals surface area contributed by atoms with E-state index in [1.807, 2.05) is 13.8 Å². The molecule has 1 N–H and O–H groups in total. The van der Waals surface area contributed by atoms with Crippen LogP contribution in [0.3, 0.4) is 0 Å². The van der Waals surface area contributed by atoms with Gasteiger partial charge in [0.15, 0.2) is 9.84 Å². The van der Waals surface area contributed by atoms with Crippen LogP contribution in [0.5, 0.6) is 0 Å². The lowest BCUT2D eigenvalue weighted by Gasteiger charge is -2.22. The van der Waals surface area contributed by atoms with Crippen molar-refractivity contribution in [3.8, 4) is 0 Å². The molecule has 80 valence electrons. The Labute approximate surface area is 81.8 Å². The Hall–Kier alpha value is -0.0900. The number of hydrogen-bond donors (Lipinski definition) is 1. The Morgan fingerprint density at radius 1 is 1.23 bits per heavy atom. The zero-order chi connectivity index (χ0) is 10.5. The molecule has 0 saturated carbocycles. The molecular formula is C9H21NO2S. The van der Waals surface area contributed by atoms with Gasteiger partial charge in [-0.1, -0.05) is 20.8 Å². The summed E-state index contributed by atoms with van der Waals surface area (Å²) in [6.07, 6.45) is 0.855. The van der Waals surface area contributed by atoms with Gasteiger partial charge in [0.1, 0.15) is 0 Å². The number of nitrogens with one attached hydrogen (secondary N) is 1. The number of sulfone groups is 1. The minimum absolute atomic E-state index is 0.0925. The van der Waals surface area contributed by atoms with Crippen molar-refractivity contribution in [1.82, 2.24) is 5.32 Å². The first-order valence-electron chi connectivity index (χ1n) is 4.94. The van der Waals surface area contributed by atoms with Gasteiger partial charge in [0.2, 0.25) is 0 Å². The van der Waals surface area contributed by atoms with Crippen LogP contribution in [0.25, 0.3) is 0 Å². The molecule has 0 saturated heterocycles. The van der Waals surface area contributed by atoms with E-state index in [0.717, 1.165) is 13.0 Å². The second-order valence-electron chi connectivity index (χ2n) is 3.23. The van der Waals surface area contributed by atoms with E-state index in [4.69, 9.17) is 0 Å². The molecule has 4 heteroatoms. The third-order valence-corrected chi connectivity index (χ3v) is 4.71. The Morgan fingerprint density at radius 2 is 1.77 bits per heavy atom. The maximum absolute atomic E-state index is 11.5. The topological polar surface area (TPSA) is 46.2 Å². The van der Waals surface area contributed by atoms with Crippen LogP contribution in [-0.4, -0.2) is 32.0 Å². The third-order valence-electron chi connectivity index (χ3n) is 2.44. The molecule has 13 heavy (non-hydrogen) atoms. The van der Waals surface area contributed by atoms with Crippen molar-refractivity contribution in [3.63, 3.8) is 0 Å². The molecule has 0 aliphatic rings. The highest BCUT2D eigenvalue weighted by atomic mass is 32.2. The van der Waals surface area contributed by atoms with Crippen LogP contribution in [-0.2, 0) is 9.84 Å². The monoisotopic (exact) mass is 207 g/mol. The third kappa shape index (κ3) is 3.65. The fourth-order valence-electron chi connectivity index (χ4n) is 1.42. The summed E-state index contributed by atoms with van der Waals surface area (Å²) in [5.74, 6) is 0.232. The highest BCUT2D eigenvalue weighted by Crippen LogP contribution is 2.09. The predicted octanol–water partition coefficient (Wildman–Crippen LogP) is 1.20. The van der Waals surface area contributed by atoms with Crippen LogP contribution in [0.1, 0.15) is 34.1 Å². The van der Waals surface area contributed by atoms with E-state index in [9.17, 15) is 8.42 Å².